The number of carbonyl (C=O) groups is 3. The van der Waals surface area contributed by atoms with E-state index in [9.17, 15) is 14.4 Å². The first-order chi connectivity index (χ1) is 11.0. The first-order valence-corrected chi connectivity index (χ1v) is 8.45. The number of carbonyl (C=O) groups excluding carboxylic acids is 3. The number of nitrogens with one attached hydrogen (secondary N) is 1. The van der Waals surface area contributed by atoms with Crippen LogP contribution in [0.1, 0.15) is 46.5 Å². The van der Waals surface area contributed by atoms with Crippen LogP contribution in [0, 0.1) is 0 Å². The van der Waals surface area contributed by atoms with Crippen molar-refractivity contribution in [3.63, 3.8) is 0 Å². The summed E-state index contributed by atoms with van der Waals surface area (Å²) in [6, 6.07) is 0.0807. The molecule has 0 aromatic heterocycles. The molecule has 1 heterocycles. The standard InChI is InChI=1S/C16H29N3O4/c1-4-9-17-15(21)8-12-19(13(3)20)14-6-10-18(11-7-14)16(22)23-5-2/h14H,4-12H2,1-3H3,(H,17,21). The minimum absolute atomic E-state index is 0.0251. The molecule has 1 N–H and O–H groups in total. The number of hydrogen-bond acceptors (Lipinski definition) is 4. The van der Waals surface area contributed by atoms with Gasteiger partial charge in [0.15, 0.2) is 0 Å². The Morgan fingerprint density at radius 2 is 1.87 bits per heavy atom. The number of likely N-dealkylation sites (tertiary alicyclic amines) is 1. The lowest BCUT2D eigenvalue weighted by atomic mass is 10.0. The molecule has 1 saturated heterocycles. The van der Waals surface area contributed by atoms with Crippen LogP contribution < -0.4 is 5.32 Å². The molecule has 0 spiro atoms. The molecule has 0 aromatic rings. The second-order valence-corrected chi connectivity index (χ2v) is 5.73. The highest BCUT2D eigenvalue weighted by molar-refractivity contribution is 5.78. The van der Waals surface area contributed by atoms with Gasteiger partial charge in [0, 0.05) is 45.6 Å². The summed E-state index contributed by atoms with van der Waals surface area (Å²) in [7, 11) is 0. The van der Waals surface area contributed by atoms with Crippen molar-refractivity contribution < 1.29 is 19.1 Å². The van der Waals surface area contributed by atoms with E-state index in [-0.39, 0.29) is 23.9 Å². The van der Waals surface area contributed by atoms with Crippen LogP contribution in [0.4, 0.5) is 4.79 Å². The van der Waals surface area contributed by atoms with Crippen molar-refractivity contribution in [2.45, 2.75) is 52.5 Å². The molecule has 3 amide bonds. The second kappa shape index (κ2) is 10.1. The van der Waals surface area contributed by atoms with E-state index in [1.54, 1.807) is 16.7 Å². The molecule has 7 nitrogen and oxygen atoms in total. The Morgan fingerprint density at radius 1 is 1.22 bits per heavy atom. The highest BCUT2D eigenvalue weighted by Gasteiger charge is 2.28. The van der Waals surface area contributed by atoms with Gasteiger partial charge in [-0.05, 0) is 26.2 Å². The summed E-state index contributed by atoms with van der Waals surface area (Å²) in [6.45, 7) is 7.93. The third-order valence-electron chi connectivity index (χ3n) is 3.99. The van der Waals surface area contributed by atoms with Gasteiger partial charge in [0.1, 0.15) is 0 Å². The molecule has 1 aliphatic rings. The van der Waals surface area contributed by atoms with Crippen LogP contribution in [0.25, 0.3) is 0 Å². The summed E-state index contributed by atoms with van der Waals surface area (Å²) >= 11 is 0. The van der Waals surface area contributed by atoms with E-state index in [4.69, 9.17) is 4.74 Å². The predicted molar refractivity (Wildman–Crippen MR) is 86.9 cm³/mol. The Morgan fingerprint density at radius 3 is 2.39 bits per heavy atom. The molecule has 23 heavy (non-hydrogen) atoms. The maximum atomic E-state index is 11.9. The lowest BCUT2D eigenvalue weighted by Crippen LogP contribution is -2.49. The van der Waals surface area contributed by atoms with Crippen molar-refractivity contribution in [3.05, 3.63) is 0 Å². The van der Waals surface area contributed by atoms with Gasteiger partial charge in [-0.15, -0.1) is 0 Å². The number of hydrogen-bond donors (Lipinski definition) is 1. The lowest BCUT2D eigenvalue weighted by Gasteiger charge is -2.37. The molecule has 0 bridgehead atoms. The maximum absolute atomic E-state index is 11.9. The molecule has 7 heteroatoms. The van der Waals surface area contributed by atoms with E-state index in [1.807, 2.05) is 6.92 Å². The van der Waals surface area contributed by atoms with Gasteiger partial charge in [-0.1, -0.05) is 6.92 Å². The fraction of sp³-hybridized carbons (Fsp3) is 0.812. The van der Waals surface area contributed by atoms with Crippen LogP contribution in [0.3, 0.4) is 0 Å². The van der Waals surface area contributed by atoms with E-state index in [0.29, 0.717) is 39.2 Å². The zero-order valence-corrected chi connectivity index (χ0v) is 14.5. The normalized spacial score (nSPS) is 15.2. The van der Waals surface area contributed by atoms with Gasteiger partial charge < -0.3 is 19.9 Å². The van der Waals surface area contributed by atoms with Gasteiger partial charge in [0.05, 0.1) is 6.61 Å². The summed E-state index contributed by atoms with van der Waals surface area (Å²) in [4.78, 5) is 38.7. The summed E-state index contributed by atoms with van der Waals surface area (Å²) in [5.74, 6) is -0.0510. The summed E-state index contributed by atoms with van der Waals surface area (Å²) < 4.78 is 4.99. The van der Waals surface area contributed by atoms with Gasteiger partial charge in [0.2, 0.25) is 11.8 Å². The van der Waals surface area contributed by atoms with E-state index in [0.717, 1.165) is 19.3 Å². The third-order valence-corrected chi connectivity index (χ3v) is 3.99. The molecule has 0 aromatic carbocycles. The van der Waals surface area contributed by atoms with Gasteiger partial charge in [-0.3, -0.25) is 9.59 Å². The minimum atomic E-state index is -0.292. The molecule has 1 fully saturated rings. The van der Waals surface area contributed by atoms with Crippen molar-refractivity contribution in [2.24, 2.45) is 0 Å². The molecule has 0 aliphatic carbocycles. The Kier molecular flexibility index (Phi) is 8.43. The second-order valence-electron chi connectivity index (χ2n) is 5.73. The molecule has 0 saturated carbocycles. The largest absolute Gasteiger partial charge is 0.450 e. The van der Waals surface area contributed by atoms with E-state index in [1.165, 1.54) is 6.92 Å². The highest BCUT2D eigenvalue weighted by atomic mass is 16.6. The van der Waals surface area contributed by atoms with Crippen LogP contribution in [0.5, 0.6) is 0 Å². The molecule has 132 valence electrons. The Hall–Kier alpha value is -1.79. The van der Waals surface area contributed by atoms with Crippen LogP contribution >= 0.6 is 0 Å². The van der Waals surface area contributed by atoms with Crippen molar-refractivity contribution in [1.29, 1.82) is 0 Å². The number of amides is 3. The summed E-state index contributed by atoms with van der Waals surface area (Å²) in [6.07, 6.45) is 2.36. The summed E-state index contributed by atoms with van der Waals surface area (Å²) in [5.41, 5.74) is 0. The minimum Gasteiger partial charge on any atom is -0.450 e. The average Bonchev–Trinajstić information content (AvgIpc) is 2.53. The third kappa shape index (κ3) is 6.46. The average molecular weight is 327 g/mol. The van der Waals surface area contributed by atoms with Crippen molar-refractivity contribution in [1.82, 2.24) is 15.1 Å². The maximum Gasteiger partial charge on any atom is 0.409 e. The van der Waals surface area contributed by atoms with Gasteiger partial charge >= 0.3 is 6.09 Å². The van der Waals surface area contributed by atoms with E-state index < -0.39 is 0 Å². The molecule has 0 atom stereocenters. The number of nitrogens with zero attached hydrogens (tertiary/aromatic N) is 2. The zero-order chi connectivity index (χ0) is 17.2. The van der Waals surface area contributed by atoms with Crippen molar-refractivity contribution >= 4 is 17.9 Å². The fourth-order valence-electron chi connectivity index (χ4n) is 2.75. The SMILES string of the molecule is CCCNC(=O)CCN(C(C)=O)C1CCN(C(=O)OCC)CC1. The monoisotopic (exact) mass is 327 g/mol. The number of ether oxygens (including phenoxy) is 1. The van der Waals surface area contributed by atoms with Crippen molar-refractivity contribution in [2.75, 3.05) is 32.8 Å². The zero-order valence-electron chi connectivity index (χ0n) is 14.5. The van der Waals surface area contributed by atoms with Gasteiger partial charge in [-0.2, -0.15) is 0 Å². The van der Waals surface area contributed by atoms with Crippen LogP contribution in [0.15, 0.2) is 0 Å². The molecule has 1 aliphatic heterocycles. The number of piperidine rings is 1. The van der Waals surface area contributed by atoms with Crippen molar-refractivity contribution in [3.8, 4) is 0 Å². The topological polar surface area (TPSA) is 79.0 Å². The first-order valence-electron chi connectivity index (χ1n) is 8.45. The molecule has 1 rings (SSSR count). The van der Waals surface area contributed by atoms with Crippen LogP contribution in [-0.2, 0) is 14.3 Å². The fourth-order valence-corrected chi connectivity index (χ4v) is 2.75. The first kappa shape index (κ1) is 19.3. The van der Waals surface area contributed by atoms with E-state index in [2.05, 4.69) is 5.32 Å². The van der Waals surface area contributed by atoms with Crippen LogP contribution in [-0.4, -0.2) is 66.5 Å². The Bertz CT molecular complexity index is 406. The number of rotatable bonds is 7. The smallest absolute Gasteiger partial charge is 0.409 e. The molecule has 0 unspecified atom stereocenters. The summed E-state index contributed by atoms with van der Waals surface area (Å²) in [5, 5.41) is 2.82. The quantitative estimate of drug-likeness (QED) is 0.766. The Labute approximate surface area is 138 Å². The highest BCUT2D eigenvalue weighted by Crippen LogP contribution is 2.18. The molecular weight excluding hydrogens is 298 g/mol. The lowest BCUT2D eigenvalue weighted by molar-refractivity contribution is -0.132. The molecular formula is C16H29N3O4. The Balaban J connectivity index is 2.45. The van der Waals surface area contributed by atoms with E-state index >= 15 is 0 Å². The van der Waals surface area contributed by atoms with Gasteiger partial charge in [-0.25, -0.2) is 4.79 Å². The molecule has 0 radical (unpaired) electrons. The van der Waals surface area contributed by atoms with Crippen LogP contribution in [0.2, 0.25) is 0 Å². The van der Waals surface area contributed by atoms with Gasteiger partial charge in [0.25, 0.3) is 0 Å². The predicted octanol–water partition coefficient (Wildman–Crippen LogP) is 1.37.